The SMILES string of the molecule is CN=C(NCCCN1CCCC(C)C1)N1CCSC(C)(C)C1. The monoisotopic (exact) mass is 326 g/mol. The quantitative estimate of drug-likeness (QED) is 0.489. The Labute approximate surface area is 141 Å². The van der Waals surface area contributed by atoms with Crippen molar-refractivity contribution in [2.24, 2.45) is 10.9 Å². The van der Waals surface area contributed by atoms with Crippen molar-refractivity contribution in [1.82, 2.24) is 15.1 Å². The Bertz CT molecular complexity index is 370. The third-order valence-electron chi connectivity index (χ3n) is 4.61. The van der Waals surface area contributed by atoms with E-state index in [9.17, 15) is 0 Å². The highest BCUT2D eigenvalue weighted by atomic mass is 32.2. The molecule has 2 fully saturated rings. The highest BCUT2D eigenvalue weighted by molar-refractivity contribution is 8.00. The lowest BCUT2D eigenvalue weighted by molar-refractivity contribution is 0.182. The fourth-order valence-electron chi connectivity index (χ4n) is 3.52. The number of aliphatic imine (C=N–C) groups is 1. The van der Waals surface area contributed by atoms with E-state index in [-0.39, 0.29) is 0 Å². The second-order valence-electron chi connectivity index (χ2n) is 7.41. The molecule has 2 aliphatic rings. The Morgan fingerprint density at radius 1 is 1.36 bits per heavy atom. The highest BCUT2D eigenvalue weighted by Gasteiger charge is 2.28. The molecule has 2 rings (SSSR count). The summed E-state index contributed by atoms with van der Waals surface area (Å²) < 4.78 is 0.333. The predicted octanol–water partition coefficient (Wildman–Crippen LogP) is 2.51. The van der Waals surface area contributed by atoms with Crippen molar-refractivity contribution >= 4 is 17.7 Å². The molecule has 1 atom stereocenters. The average Bonchev–Trinajstić information content (AvgIpc) is 2.46. The van der Waals surface area contributed by atoms with Crippen molar-refractivity contribution in [2.75, 3.05) is 52.1 Å². The first-order valence-corrected chi connectivity index (χ1v) is 9.80. The number of nitrogens with zero attached hydrogens (tertiary/aromatic N) is 3. The molecule has 0 bridgehead atoms. The summed E-state index contributed by atoms with van der Waals surface area (Å²) in [4.78, 5) is 9.52. The van der Waals surface area contributed by atoms with E-state index in [2.05, 4.69) is 52.6 Å². The van der Waals surface area contributed by atoms with Gasteiger partial charge in [-0.2, -0.15) is 11.8 Å². The lowest BCUT2D eigenvalue weighted by atomic mass is 10.0. The Kier molecular flexibility index (Phi) is 6.87. The fraction of sp³-hybridized carbons (Fsp3) is 0.941. The Hall–Kier alpha value is -0.420. The van der Waals surface area contributed by atoms with Gasteiger partial charge in [0.2, 0.25) is 0 Å². The minimum Gasteiger partial charge on any atom is -0.356 e. The van der Waals surface area contributed by atoms with Crippen LogP contribution in [0.25, 0.3) is 0 Å². The van der Waals surface area contributed by atoms with Gasteiger partial charge in [-0.25, -0.2) is 0 Å². The number of likely N-dealkylation sites (tertiary alicyclic amines) is 1. The summed E-state index contributed by atoms with van der Waals surface area (Å²) in [5.41, 5.74) is 0. The standard InChI is InChI=1S/C17H34N4S/c1-15-7-5-9-20(13-15)10-6-8-19-16(18-4)21-11-12-22-17(2,3)14-21/h15H,5-14H2,1-4H3,(H,18,19). The molecule has 0 spiro atoms. The van der Waals surface area contributed by atoms with Crippen LogP contribution in [-0.4, -0.2) is 72.6 Å². The normalized spacial score (nSPS) is 27.0. The van der Waals surface area contributed by atoms with Crippen LogP contribution in [-0.2, 0) is 0 Å². The molecule has 5 heteroatoms. The summed E-state index contributed by atoms with van der Waals surface area (Å²) >= 11 is 2.07. The molecule has 0 aromatic rings. The zero-order chi connectivity index (χ0) is 16.0. The van der Waals surface area contributed by atoms with Gasteiger partial charge in [-0.3, -0.25) is 4.99 Å². The van der Waals surface area contributed by atoms with E-state index in [0.717, 1.165) is 31.5 Å². The molecule has 0 aromatic carbocycles. The van der Waals surface area contributed by atoms with Gasteiger partial charge in [-0.05, 0) is 52.1 Å². The van der Waals surface area contributed by atoms with Crippen molar-refractivity contribution in [1.29, 1.82) is 0 Å². The molecule has 2 saturated heterocycles. The molecule has 1 unspecified atom stereocenters. The Morgan fingerprint density at radius 2 is 2.18 bits per heavy atom. The smallest absolute Gasteiger partial charge is 0.193 e. The van der Waals surface area contributed by atoms with Gasteiger partial charge in [0.1, 0.15) is 0 Å². The number of guanidine groups is 1. The van der Waals surface area contributed by atoms with Gasteiger partial charge in [0.05, 0.1) is 0 Å². The second-order valence-corrected chi connectivity index (χ2v) is 9.21. The van der Waals surface area contributed by atoms with Crippen LogP contribution in [0, 0.1) is 5.92 Å². The molecule has 0 saturated carbocycles. The Balaban J connectivity index is 1.68. The molecular formula is C17H34N4S. The van der Waals surface area contributed by atoms with Crippen LogP contribution in [0.1, 0.15) is 40.0 Å². The number of piperidine rings is 1. The maximum absolute atomic E-state index is 4.48. The van der Waals surface area contributed by atoms with Gasteiger partial charge in [-0.1, -0.05) is 6.92 Å². The lowest BCUT2D eigenvalue weighted by Gasteiger charge is -2.39. The van der Waals surface area contributed by atoms with E-state index in [1.807, 2.05) is 7.05 Å². The van der Waals surface area contributed by atoms with Crippen LogP contribution in [0.4, 0.5) is 0 Å². The first kappa shape index (κ1) is 17.9. The molecule has 2 aliphatic heterocycles. The summed E-state index contributed by atoms with van der Waals surface area (Å²) in [6.45, 7) is 14.0. The summed E-state index contributed by atoms with van der Waals surface area (Å²) in [5.74, 6) is 3.15. The number of hydrogen-bond acceptors (Lipinski definition) is 3. The highest BCUT2D eigenvalue weighted by Crippen LogP contribution is 2.29. The first-order valence-electron chi connectivity index (χ1n) is 8.82. The molecule has 0 aromatic heterocycles. The summed E-state index contributed by atoms with van der Waals surface area (Å²) in [7, 11) is 1.91. The van der Waals surface area contributed by atoms with Crippen LogP contribution in [0.15, 0.2) is 4.99 Å². The van der Waals surface area contributed by atoms with E-state index >= 15 is 0 Å². The third kappa shape index (κ3) is 5.65. The van der Waals surface area contributed by atoms with E-state index in [1.165, 1.54) is 44.6 Å². The second kappa shape index (κ2) is 8.44. The van der Waals surface area contributed by atoms with E-state index in [0.29, 0.717) is 4.75 Å². The van der Waals surface area contributed by atoms with Crippen molar-refractivity contribution in [2.45, 2.75) is 44.8 Å². The first-order chi connectivity index (χ1) is 10.5. The van der Waals surface area contributed by atoms with Gasteiger partial charge in [-0.15, -0.1) is 0 Å². The van der Waals surface area contributed by atoms with E-state index in [4.69, 9.17) is 0 Å². The van der Waals surface area contributed by atoms with Crippen LogP contribution >= 0.6 is 11.8 Å². The molecule has 0 aliphatic carbocycles. The summed E-state index contributed by atoms with van der Waals surface area (Å²) in [6, 6.07) is 0. The molecular weight excluding hydrogens is 292 g/mol. The van der Waals surface area contributed by atoms with Gasteiger partial charge in [0.25, 0.3) is 0 Å². The molecule has 0 amide bonds. The number of rotatable bonds is 4. The van der Waals surface area contributed by atoms with Crippen LogP contribution in [0.5, 0.6) is 0 Å². The maximum Gasteiger partial charge on any atom is 0.193 e. The minimum absolute atomic E-state index is 0.333. The van der Waals surface area contributed by atoms with Crippen LogP contribution < -0.4 is 5.32 Å². The predicted molar refractivity (Wildman–Crippen MR) is 98.9 cm³/mol. The van der Waals surface area contributed by atoms with Crippen LogP contribution in [0.3, 0.4) is 0 Å². The molecule has 0 radical (unpaired) electrons. The third-order valence-corrected chi connectivity index (χ3v) is 5.91. The average molecular weight is 327 g/mol. The van der Waals surface area contributed by atoms with Gasteiger partial charge in [0, 0.05) is 43.7 Å². The van der Waals surface area contributed by atoms with Gasteiger partial charge >= 0.3 is 0 Å². The molecule has 128 valence electrons. The lowest BCUT2D eigenvalue weighted by Crippen LogP contribution is -2.51. The van der Waals surface area contributed by atoms with Crippen molar-refractivity contribution < 1.29 is 0 Å². The van der Waals surface area contributed by atoms with Crippen molar-refractivity contribution in [3.05, 3.63) is 0 Å². The molecule has 22 heavy (non-hydrogen) atoms. The number of hydrogen-bond donors (Lipinski definition) is 1. The molecule has 1 N–H and O–H groups in total. The topological polar surface area (TPSA) is 30.9 Å². The Morgan fingerprint density at radius 3 is 2.86 bits per heavy atom. The largest absolute Gasteiger partial charge is 0.356 e. The fourth-order valence-corrected chi connectivity index (χ4v) is 4.63. The maximum atomic E-state index is 4.48. The summed E-state index contributed by atoms with van der Waals surface area (Å²) in [6.07, 6.45) is 3.98. The van der Waals surface area contributed by atoms with E-state index in [1.54, 1.807) is 0 Å². The van der Waals surface area contributed by atoms with Gasteiger partial charge in [0.15, 0.2) is 5.96 Å². The molecule has 4 nitrogen and oxygen atoms in total. The van der Waals surface area contributed by atoms with Crippen molar-refractivity contribution in [3.8, 4) is 0 Å². The van der Waals surface area contributed by atoms with E-state index < -0.39 is 0 Å². The van der Waals surface area contributed by atoms with Crippen LogP contribution in [0.2, 0.25) is 0 Å². The number of thioether (sulfide) groups is 1. The van der Waals surface area contributed by atoms with Crippen molar-refractivity contribution in [3.63, 3.8) is 0 Å². The number of nitrogens with one attached hydrogen (secondary N) is 1. The zero-order valence-electron chi connectivity index (χ0n) is 14.9. The van der Waals surface area contributed by atoms with Gasteiger partial charge < -0.3 is 15.1 Å². The minimum atomic E-state index is 0.333. The zero-order valence-corrected chi connectivity index (χ0v) is 15.7. The summed E-state index contributed by atoms with van der Waals surface area (Å²) in [5, 5.41) is 3.57. The molecule has 2 heterocycles.